The number of carboxylic acids is 2. The summed E-state index contributed by atoms with van der Waals surface area (Å²) in [7, 11) is 0. The summed E-state index contributed by atoms with van der Waals surface area (Å²) in [5.74, 6) is -5.91. The molecule has 38 heavy (non-hydrogen) atoms. The van der Waals surface area contributed by atoms with Crippen molar-refractivity contribution in [2.75, 3.05) is 12.3 Å². The molecule has 0 spiro atoms. The summed E-state index contributed by atoms with van der Waals surface area (Å²) in [6, 6.07) is 7.48. The van der Waals surface area contributed by atoms with Gasteiger partial charge in [-0.15, -0.1) is 11.8 Å². The molecule has 0 saturated heterocycles. The first-order valence-corrected chi connectivity index (χ1v) is 11.5. The molecule has 0 aromatic heterocycles. The van der Waals surface area contributed by atoms with E-state index in [1.54, 1.807) is 0 Å². The molecule has 206 valence electrons. The van der Waals surface area contributed by atoms with E-state index in [0.29, 0.717) is 0 Å². The van der Waals surface area contributed by atoms with Gasteiger partial charge in [-0.2, -0.15) is 18.2 Å². The number of halogens is 1. The van der Waals surface area contributed by atoms with Crippen molar-refractivity contribution < 1.29 is 65.4 Å². The molecular formula is C21H21BrFeN4O10S. The molecule has 0 unspecified atom stereocenters. The van der Waals surface area contributed by atoms with Crippen molar-refractivity contribution in [2.24, 2.45) is 5.73 Å². The molecule has 1 aromatic rings. The Morgan fingerprint density at radius 1 is 1.11 bits per heavy atom. The second-order valence-electron chi connectivity index (χ2n) is 6.35. The maximum atomic E-state index is 12.1. The van der Waals surface area contributed by atoms with E-state index in [1.165, 1.54) is 0 Å². The van der Waals surface area contributed by atoms with Gasteiger partial charge in [0.25, 0.3) is 0 Å². The van der Waals surface area contributed by atoms with Crippen LogP contribution in [-0.4, -0.2) is 70.2 Å². The summed E-state index contributed by atoms with van der Waals surface area (Å²) < 4.78 is 14.9. The molecule has 1 aliphatic rings. The summed E-state index contributed by atoms with van der Waals surface area (Å²) in [5, 5.41) is 25.0. The minimum Gasteiger partial charge on any atom is -0.214 e. The number of nitrogens with one attached hydrogen (secondary N) is 2. The average Bonchev–Trinajstić information content (AvgIpc) is 3.54. The fourth-order valence-corrected chi connectivity index (χ4v) is 3.69. The maximum Gasteiger partial charge on any atom is 2.00 e. The summed E-state index contributed by atoms with van der Waals surface area (Å²) in [4.78, 5) is 68.3. The van der Waals surface area contributed by atoms with Crippen molar-refractivity contribution in [3.8, 4) is 0 Å². The first kappa shape index (κ1) is 39.4. The van der Waals surface area contributed by atoms with Crippen molar-refractivity contribution in [3.05, 3.63) is 58.3 Å². The van der Waals surface area contributed by atoms with E-state index in [4.69, 9.17) is 25.3 Å². The van der Waals surface area contributed by atoms with Gasteiger partial charge in [-0.1, -0.05) is 0 Å². The van der Waals surface area contributed by atoms with E-state index in [1.807, 2.05) is 30.3 Å². The molecule has 1 aromatic carbocycles. The zero-order chi connectivity index (χ0) is 29.0. The van der Waals surface area contributed by atoms with E-state index in [0.717, 1.165) is 11.8 Å². The van der Waals surface area contributed by atoms with Gasteiger partial charge in [0.15, 0.2) is 0 Å². The minimum absolute atomic E-state index is 0. The van der Waals surface area contributed by atoms with Gasteiger partial charge in [-0.05, 0) is 22.4 Å². The van der Waals surface area contributed by atoms with E-state index in [9.17, 15) is 28.8 Å². The Balaban J connectivity index is -0.00000105. The Hall–Kier alpha value is -3.10. The normalized spacial score (nSPS) is 12.7. The van der Waals surface area contributed by atoms with Crippen LogP contribution in [0.25, 0.3) is 5.32 Å². The van der Waals surface area contributed by atoms with Gasteiger partial charge in [-0.25, -0.2) is 12.1 Å². The number of amides is 4. The number of carbonyl (C=O) groups is 6. The quantitative estimate of drug-likeness (QED) is 0.0921. The van der Waals surface area contributed by atoms with Crippen LogP contribution < -0.4 is 16.4 Å². The number of carbonyl (C=O) groups excluding carboxylic acids is 4. The van der Waals surface area contributed by atoms with E-state index >= 15 is 0 Å². The fraction of sp³-hybridized carbons (Fsp3) is 0.286. The number of hydrogen-bond acceptors (Lipinski definition) is 8. The van der Waals surface area contributed by atoms with Crippen LogP contribution in [-0.2, 0) is 55.1 Å². The van der Waals surface area contributed by atoms with Crippen LogP contribution in [0, 0.1) is 13.3 Å². The van der Waals surface area contributed by atoms with Crippen LogP contribution in [0.3, 0.4) is 0 Å². The van der Waals surface area contributed by atoms with Gasteiger partial charge >= 0.3 is 51.6 Å². The third-order valence-electron chi connectivity index (χ3n) is 3.80. The van der Waals surface area contributed by atoms with Crippen LogP contribution >= 0.6 is 27.7 Å². The van der Waals surface area contributed by atoms with Gasteiger partial charge in [0, 0.05) is 17.1 Å². The second kappa shape index (κ2) is 23.0. The van der Waals surface area contributed by atoms with Crippen LogP contribution in [0.1, 0.15) is 12.8 Å². The van der Waals surface area contributed by atoms with Crippen molar-refractivity contribution in [3.63, 3.8) is 0 Å². The number of rotatable bonds is 11. The number of aliphatic carboxylic acids is 2. The van der Waals surface area contributed by atoms with E-state index in [-0.39, 0.29) is 45.1 Å². The molecule has 14 nitrogen and oxygen atoms in total. The Morgan fingerprint density at radius 3 is 2.05 bits per heavy atom. The number of hydrogen-bond donors (Lipinski definition) is 5. The second-order valence-corrected chi connectivity index (χ2v) is 8.18. The summed E-state index contributed by atoms with van der Waals surface area (Å²) in [6.07, 6.45) is -0.472. The SMILES string of the molecule is N[C@@H](CCC(=O)N[C@@H](CSC1=C(Br)C(=O)[N-]C1=O)C(=O)NCC(=O)O)C(=O)O.[C-]#[O+].[C-]#[O+].[Fe+2].c1cc[cH-]c1. The van der Waals surface area contributed by atoms with Crippen molar-refractivity contribution in [1.29, 1.82) is 0 Å². The minimum atomic E-state index is -1.31. The standard InChI is InChI=1S/C14H17BrN4O8S.C5H5.2CO.Fe/c15-9-10(13(25)19-12(9)24)28-4-6(11(23)17-3-8(21)22)18-7(20)2-1-5(16)14(26)27;1-2-4-5-3-1;2*1-2;/h5-6H,1-4,16H2,(H5,17,18,19,20,21,22,23,24,25,26,27);1-5H;;;/q;-1;;;+2/p-1/t5-,6-;;;;/m0..../s1. The number of nitrogens with zero attached hydrogens (tertiary/aromatic N) is 1. The molecule has 2 rings (SSSR count). The molecule has 1 aliphatic heterocycles. The summed E-state index contributed by atoms with van der Waals surface area (Å²) in [5.41, 5.74) is 5.30. The molecule has 4 amide bonds. The van der Waals surface area contributed by atoms with Gasteiger partial charge in [0.05, 0.1) is 16.3 Å². The number of carboxylic acid groups (broad SMARTS) is 2. The molecule has 6 N–H and O–H groups in total. The predicted molar refractivity (Wildman–Crippen MR) is 129 cm³/mol. The van der Waals surface area contributed by atoms with Gasteiger partial charge in [0.2, 0.25) is 11.8 Å². The first-order valence-electron chi connectivity index (χ1n) is 9.70. The number of imide groups is 1. The average molecular weight is 657 g/mol. The smallest absolute Gasteiger partial charge is 0.214 e. The third-order valence-corrected chi connectivity index (χ3v) is 5.97. The monoisotopic (exact) mass is 656 g/mol. The summed E-state index contributed by atoms with van der Waals surface area (Å²) >= 11 is 3.69. The molecule has 0 fully saturated rings. The third kappa shape index (κ3) is 16.6. The van der Waals surface area contributed by atoms with Crippen LogP contribution in [0.2, 0.25) is 0 Å². The Bertz CT molecular complexity index is 991. The van der Waals surface area contributed by atoms with E-state index in [2.05, 4.69) is 45.2 Å². The van der Waals surface area contributed by atoms with Gasteiger partial charge < -0.3 is 41.5 Å². The predicted octanol–water partition coefficient (Wildman–Crippen LogP) is -0.0277. The molecule has 0 aliphatic carbocycles. The molecule has 0 saturated carbocycles. The zero-order valence-electron chi connectivity index (χ0n) is 19.2. The number of thioether (sulfide) groups is 1. The molecule has 2 atom stereocenters. The van der Waals surface area contributed by atoms with E-state index < -0.39 is 54.2 Å². The maximum absolute atomic E-state index is 12.1. The fourth-order valence-electron chi connectivity index (χ4n) is 2.14. The molecule has 0 radical (unpaired) electrons. The molecular weight excluding hydrogens is 636 g/mol. The Kier molecular flexibility index (Phi) is 23.9. The largest absolute Gasteiger partial charge is 2.00 e. The van der Waals surface area contributed by atoms with Gasteiger partial charge in [0.1, 0.15) is 18.6 Å². The Morgan fingerprint density at radius 2 is 1.66 bits per heavy atom. The van der Waals surface area contributed by atoms with Crippen LogP contribution in [0.15, 0.2) is 39.7 Å². The van der Waals surface area contributed by atoms with Crippen molar-refractivity contribution in [2.45, 2.75) is 24.9 Å². The number of nitrogens with two attached hydrogens (primary N) is 1. The van der Waals surface area contributed by atoms with Crippen LogP contribution in [0.5, 0.6) is 0 Å². The van der Waals surface area contributed by atoms with Crippen molar-refractivity contribution >= 4 is 63.3 Å². The first-order chi connectivity index (χ1) is 17.5. The van der Waals surface area contributed by atoms with Crippen LogP contribution in [0.4, 0.5) is 0 Å². The molecule has 17 heteroatoms. The zero-order valence-corrected chi connectivity index (χ0v) is 22.7. The van der Waals surface area contributed by atoms with Crippen molar-refractivity contribution in [1.82, 2.24) is 10.6 Å². The molecule has 0 bridgehead atoms. The summed E-state index contributed by atoms with van der Waals surface area (Å²) in [6.45, 7) is 8.30. The topological polar surface area (TPSA) is 247 Å². The van der Waals surface area contributed by atoms with Gasteiger partial charge in [-0.3, -0.25) is 19.2 Å². The Labute approximate surface area is 239 Å². The molecule has 1 heterocycles.